The Bertz CT molecular complexity index is 365. The summed E-state index contributed by atoms with van der Waals surface area (Å²) in [7, 11) is 1.75. The van der Waals surface area contributed by atoms with Gasteiger partial charge in [-0.25, -0.2) is 4.98 Å². The van der Waals surface area contributed by atoms with Crippen molar-refractivity contribution in [2.45, 2.75) is 33.2 Å². The third-order valence-electron chi connectivity index (χ3n) is 2.35. The number of hydrogen-bond donors (Lipinski definition) is 2. The lowest BCUT2D eigenvalue weighted by Crippen LogP contribution is -2.44. The van der Waals surface area contributed by atoms with Crippen molar-refractivity contribution in [2.24, 2.45) is 0 Å². The van der Waals surface area contributed by atoms with Crippen molar-refractivity contribution in [3.8, 4) is 0 Å². The normalized spacial score (nSPS) is 11.6. The summed E-state index contributed by atoms with van der Waals surface area (Å²) in [5.74, 6) is -0.0157. The number of carbonyl (C=O) groups is 1. The third-order valence-corrected chi connectivity index (χ3v) is 3.75. The first-order valence-corrected chi connectivity index (χ1v) is 6.08. The van der Waals surface area contributed by atoms with Gasteiger partial charge in [-0.3, -0.25) is 4.79 Å². The van der Waals surface area contributed by atoms with Crippen LogP contribution in [0.15, 0.2) is 0 Å². The molecule has 4 nitrogen and oxygen atoms in total. The summed E-state index contributed by atoms with van der Waals surface area (Å²) in [6.07, 6.45) is 0. The van der Waals surface area contributed by atoms with Crippen molar-refractivity contribution in [1.29, 1.82) is 0 Å². The second-order valence-corrected chi connectivity index (χ2v) is 5.57. The standard InChI is InChI=1S/C11H19N3OS/c1-7-8(2)16-10(13-7)11(3,4)14-9(15)6-12-5/h12H,6H2,1-5H3,(H,14,15). The highest BCUT2D eigenvalue weighted by molar-refractivity contribution is 7.11. The van der Waals surface area contributed by atoms with Gasteiger partial charge in [0.2, 0.25) is 5.91 Å². The molecule has 1 heterocycles. The minimum absolute atomic E-state index is 0.0157. The number of aromatic nitrogens is 1. The Morgan fingerprint density at radius 2 is 2.06 bits per heavy atom. The molecule has 16 heavy (non-hydrogen) atoms. The Hall–Kier alpha value is -0.940. The molecule has 0 saturated heterocycles. The van der Waals surface area contributed by atoms with Crippen molar-refractivity contribution in [3.63, 3.8) is 0 Å². The average molecular weight is 241 g/mol. The first-order valence-electron chi connectivity index (χ1n) is 5.27. The van der Waals surface area contributed by atoms with Crippen LogP contribution in [0.3, 0.4) is 0 Å². The molecule has 5 heteroatoms. The van der Waals surface area contributed by atoms with E-state index >= 15 is 0 Å². The quantitative estimate of drug-likeness (QED) is 0.836. The highest BCUT2D eigenvalue weighted by Crippen LogP contribution is 2.26. The van der Waals surface area contributed by atoms with E-state index in [4.69, 9.17) is 0 Å². The number of nitrogens with zero attached hydrogens (tertiary/aromatic N) is 1. The van der Waals surface area contributed by atoms with Gasteiger partial charge in [-0.05, 0) is 34.7 Å². The van der Waals surface area contributed by atoms with Crippen LogP contribution in [0.4, 0.5) is 0 Å². The van der Waals surface area contributed by atoms with Crippen LogP contribution in [0.1, 0.15) is 29.4 Å². The van der Waals surface area contributed by atoms with Gasteiger partial charge < -0.3 is 10.6 Å². The van der Waals surface area contributed by atoms with Crippen LogP contribution < -0.4 is 10.6 Å². The van der Waals surface area contributed by atoms with E-state index in [0.717, 1.165) is 10.7 Å². The minimum Gasteiger partial charge on any atom is -0.344 e. The monoisotopic (exact) mass is 241 g/mol. The molecule has 90 valence electrons. The maximum Gasteiger partial charge on any atom is 0.234 e. The van der Waals surface area contributed by atoms with E-state index in [9.17, 15) is 4.79 Å². The molecule has 0 fully saturated rings. The Morgan fingerprint density at radius 1 is 1.44 bits per heavy atom. The molecule has 1 aromatic heterocycles. The minimum atomic E-state index is -0.405. The van der Waals surface area contributed by atoms with Crippen LogP contribution >= 0.6 is 11.3 Å². The van der Waals surface area contributed by atoms with Gasteiger partial charge in [-0.1, -0.05) is 0 Å². The van der Waals surface area contributed by atoms with E-state index in [2.05, 4.69) is 15.6 Å². The zero-order valence-corrected chi connectivity index (χ0v) is 11.3. The van der Waals surface area contributed by atoms with Crippen LogP contribution in [-0.4, -0.2) is 24.5 Å². The summed E-state index contributed by atoms with van der Waals surface area (Å²) >= 11 is 1.64. The van der Waals surface area contributed by atoms with E-state index in [1.807, 2.05) is 27.7 Å². The number of rotatable bonds is 4. The van der Waals surface area contributed by atoms with Crippen LogP contribution in [0.25, 0.3) is 0 Å². The van der Waals surface area contributed by atoms with Gasteiger partial charge in [0, 0.05) is 4.88 Å². The molecule has 0 aliphatic carbocycles. The van der Waals surface area contributed by atoms with Crippen molar-refractivity contribution in [3.05, 3.63) is 15.6 Å². The number of aryl methyl sites for hydroxylation is 2. The summed E-state index contributed by atoms with van der Waals surface area (Å²) in [5.41, 5.74) is 0.633. The number of nitrogens with one attached hydrogen (secondary N) is 2. The SMILES string of the molecule is CNCC(=O)NC(C)(C)c1nc(C)c(C)s1. The van der Waals surface area contributed by atoms with Crippen molar-refractivity contribution in [2.75, 3.05) is 13.6 Å². The molecule has 0 radical (unpaired) electrons. The zero-order valence-electron chi connectivity index (χ0n) is 10.5. The van der Waals surface area contributed by atoms with Gasteiger partial charge in [0.05, 0.1) is 17.8 Å². The number of thiazole rings is 1. The lowest BCUT2D eigenvalue weighted by Gasteiger charge is -2.23. The summed E-state index contributed by atoms with van der Waals surface area (Å²) < 4.78 is 0. The number of carbonyl (C=O) groups excluding carboxylic acids is 1. The fraction of sp³-hybridized carbons (Fsp3) is 0.636. The molecule has 0 aliphatic rings. The summed E-state index contributed by atoms with van der Waals surface area (Å²) in [6, 6.07) is 0. The molecule has 0 bridgehead atoms. The Morgan fingerprint density at radius 3 is 2.50 bits per heavy atom. The maximum atomic E-state index is 11.5. The van der Waals surface area contributed by atoms with Crippen LogP contribution in [-0.2, 0) is 10.3 Å². The molecule has 1 aromatic rings. The molecule has 1 amide bonds. The Kier molecular flexibility index (Phi) is 4.04. The van der Waals surface area contributed by atoms with Crippen molar-refractivity contribution >= 4 is 17.2 Å². The van der Waals surface area contributed by atoms with E-state index in [1.165, 1.54) is 4.88 Å². The third kappa shape index (κ3) is 3.02. The lowest BCUT2D eigenvalue weighted by atomic mass is 10.1. The Labute approximate surface area is 100 Å². The highest BCUT2D eigenvalue weighted by Gasteiger charge is 2.26. The van der Waals surface area contributed by atoms with Gasteiger partial charge in [0.1, 0.15) is 5.01 Å². The van der Waals surface area contributed by atoms with E-state index in [1.54, 1.807) is 18.4 Å². The maximum absolute atomic E-state index is 11.5. The van der Waals surface area contributed by atoms with Gasteiger partial charge in [0.25, 0.3) is 0 Å². The van der Waals surface area contributed by atoms with Gasteiger partial charge in [-0.2, -0.15) is 0 Å². The topological polar surface area (TPSA) is 54.0 Å². The molecule has 0 atom stereocenters. The highest BCUT2D eigenvalue weighted by atomic mass is 32.1. The first-order chi connectivity index (χ1) is 7.36. The molecule has 0 saturated carbocycles. The predicted molar refractivity (Wildman–Crippen MR) is 66.7 cm³/mol. The van der Waals surface area contributed by atoms with E-state index in [0.29, 0.717) is 6.54 Å². The average Bonchev–Trinajstić information content (AvgIpc) is 2.47. The Balaban J connectivity index is 2.80. The van der Waals surface area contributed by atoms with E-state index < -0.39 is 5.54 Å². The summed E-state index contributed by atoms with van der Waals surface area (Å²) in [5, 5.41) is 6.74. The molecule has 0 aromatic carbocycles. The van der Waals surface area contributed by atoms with Gasteiger partial charge >= 0.3 is 0 Å². The van der Waals surface area contributed by atoms with Crippen LogP contribution in [0.2, 0.25) is 0 Å². The van der Waals surface area contributed by atoms with Gasteiger partial charge in [-0.15, -0.1) is 11.3 Å². The fourth-order valence-electron chi connectivity index (χ4n) is 1.35. The largest absolute Gasteiger partial charge is 0.344 e. The molecular weight excluding hydrogens is 222 g/mol. The predicted octanol–water partition coefficient (Wildman–Crippen LogP) is 1.33. The molecule has 0 spiro atoms. The van der Waals surface area contributed by atoms with Crippen molar-refractivity contribution in [1.82, 2.24) is 15.6 Å². The second kappa shape index (κ2) is 4.93. The number of hydrogen-bond acceptors (Lipinski definition) is 4. The molecule has 1 rings (SSSR count). The number of amides is 1. The second-order valence-electron chi connectivity index (χ2n) is 4.36. The molecular formula is C11H19N3OS. The molecule has 2 N–H and O–H groups in total. The van der Waals surface area contributed by atoms with Crippen LogP contribution in [0.5, 0.6) is 0 Å². The van der Waals surface area contributed by atoms with Crippen molar-refractivity contribution < 1.29 is 4.79 Å². The smallest absolute Gasteiger partial charge is 0.234 e. The number of likely N-dealkylation sites (N-methyl/N-ethyl adjacent to an activating group) is 1. The van der Waals surface area contributed by atoms with E-state index in [-0.39, 0.29) is 5.91 Å². The molecule has 0 unspecified atom stereocenters. The van der Waals surface area contributed by atoms with Gasteiger partial charge in [0.15, 0.2) is 0 Å². The summed E-state index contributed by atoms with van der Waals surface area (Å²) in [6.45, 7) is 8.30. The fourth-order valence-corrected chi connectivity index (χ4v) is 2.32. The summed E-state index contributed by atoms with van der Waals surface area (Å²) in [4.78, 5) is 17.2. The molecule has 0 aliphatic heterocycles. The zero-order chi connectivity index (χ0) is 12.3. The first kappa shape index (κ1) is 13.1. The van der Waals surface area contributed by atoms with Crippen LogP contribution in [0, 0.1) is 13.8 Å². The lowest BCUT2D eigenvalue weighted by molar-refractivity contribution is -0.121.